The van der Waals surface area contributed by atoms with E-state index < -0.39 is 5.97 Å². The highest BCUT2D eigenvalue weighted by atomic mass is 35.5. The zero-order valence-corrected chi connectivity index (χ0v) is 13.6. The summed E-state index contributed by atoms with van der Waals surface area (Å²) in [6.45, 7) is 2.33. The molecule has 0 radical (unpaired) electrons. The number of hydrogen-bond acceptors (Lipinski definition) is 4. The van der Waals surface area contributed by atoms with E-state index in [1.54, 1.807) is 12.1 Å². The van der Waals surface area contributed by atoms with Crippen molar-refractivity contribution in [1.82, 2.24) is 14.6 Å². The number of hydrogen-bond donors (Lipinski definition) is 2. The number of rotatable bonds is 4. The number of halogens is 2. The van der Waals surface area contributed by atoms with Crippen LogP contribution >= 0.6 is 23.2 Å². The molecule has 6 nitrogen and oxygen atoms in total. The molecule has 23 heavy (non-hydrogen) atoms. The summed E-state index contributed by atoms with van der Waals surface area (Å²) in [7, 11) is 0. The number of carboxylic acid groups (broad SMARTS) is 1. The standard InChI is InChI=1S/C15H12Cl2N4O2/c1-8-4-13(18-6-9-2-3-10(16)11(17)5-9)20-21-12(15(22)23)7-19-14(8)21/h2-5,7H,6H2,1H3,(H,18,20)(H,22,23). The lowest BCUT2D eigenvalue weighted by molar-refractivity contribution is 0.0688. The number of carboxylic acids is 1. The van der Waals surface area contributed by atoms with Crippen LogP contribution in [0.15, 0.2) is 30.5 Å². The van der Waals surface area contributed by atoms with Crippen LogP contribution in [0.3, 0.4) is 0 Å². The van der Waals surface area contributed by atoms with Gasteiger partial charge in [0.25, 0.3) is 0 Å². The largest absolute Gasteiger partial charge is 0.476 e. The Labute approximate surface area is 141 Å². The van der Waals surface area contributed by atoms with Gasteiger partial charge in [0.15, 0.2) is 11.3 Å². The first-order valence-corrected chi connectivity index (χ1v) is 7.48. The Morgan fingerprint density at radius 1 is 1.30 bits per heavy atom. The fraction of sp³-hybridized carbons (Fsp3) is 0.133. The molecule has 8 heteroatoms. The number of aromatic nitrogens is 3. The monoisotopic (exact) mass is 350 g/mol. The molecule has 3 aromatic rings. The van der Waals surface area contributed by atoms with Crippen LogP contribution in [0.2, 0.25) is 10.0 Å². The molecule has 0 unspecified atom stereocenters. The van der Waals surface area contributed by atoms with Gasteiger partial charge in [-0.05, 0) is 36.2 Å². The molecule has 118 valence electrons. The van der Waals surface area contributed by atoms with Crippen LogP contribution in [-0.4, -0.2) is 25.7 Å². The molecule has 3 rings (SSSR count). The SMILES string of the molecule is Cc1cc(NCc2ccc(Cl)c(Cl)c2)nn2c(C(=O)O)cnc12. The number of aromatic carboxylic acids is 1. The zero-order chi connectivity index (χ0) is 16.6. The molecular formula is C15H12Cl2N4O2. The average Bonchev–Trinajstić information content (AvgIpc) is 2.93. The van der Waals surface area contributed by atoms with Gasteiger partial charge in [-0.3, -0.25) is 0 Å². The summed E-state index contributed by atoms with van der Waals surface area (Å²) in [5, 5.41) is 17.6. The molecule has 0 spiro atoms. The van der Waals surface area contributed by atoms with E-state index in [9.17, 15) is 4.79 Å². The van der Waals surface area contributed by atoms with Gasteiger partial charge < -0.3 is 10.4 Å². The minimum absolute atomic E-state index is 0.0151. The minimum atomic E-state index is -1.08. The number of fused-ring (bicyclic) bond motifs is 1. The second kappa shape index (κ2) is 6.06. The fourth-order valence-electron chi connectivity index (χ4n) is 2.20. The van der Waals surface area contributed by atoms with Crippen molar-refractivity contribution in [3.63, 3.8) is 0 Å². The second-order valence-electron chi connectivity index (χ2n) is 5.00. The lowest BCUT2D eigenvalue weighted by atomic mass is 10.2. The van der Waals surface area contributed by atoms with E-state index in [1.807, 2.05) is 19.1 Å². The molecule has 0 aliphatic heterocycles. The van der Waals surface area contributed by atoms with E-state index in [4.69, 9.17) is 28.3 Å². The van der Waals surface area contributed by atoms with Crippen molar-refractivity contribution < 1.29 is 9.90 Å². The van der Waals surface area contributed by atoms with Crippen LogP contribution in [0.25, 0.3) is 5.65 Å². The van der Waals surface area contributed by atoms with Gasteiger partial charge in [0.2, 0.25) is 0 Å². The summed E-state index contributed by atoms with van der Waals surface area (Å²) < 4.78 is 1.31. The van der Waals surface area contributed by atoms with Crippen molar-refractivity contribution in [2.75, 3.05) is 5.32 Å². The summed E-state index contributed by atoms with van der Waals surface area (Å²) in [5.74, 6) is -0.535. The minimum Gasteiger partial charge on any atom is -0.476 e. The topological polar surface area (TPSA) is 79.5 Å². The van der Waals surface area contributed by atoms with Crippen molar-refractivity contribution in [2.24, 2.45) is 0 Å². The first-order chi connectivity index (χ1) is 11.0. The van der Waals surface area contributed by atoms with Crippen LogP contribution in [0, 0.1) is 6.92 Å². The smallest absolute Gasteiger partial charge is 0.356 e. The number of imidazole rings is 1. The van der Waals surface area contributed by atoms with Gasteiger partial charge in [-0.15, -0.1) is 5.10 Å². The van der Waals surface area contributed by atoms with Crippen LogP contribution in [0.4, 0.5) is 5.82 Å². The molecular weight excluding hydrogens is 339 g/mol. The number of nitrogens with zero attached hydrogens (tertiary/aromatic N) is 3. The summed E-state index contributed by atoms with van der Waals surface area (Å²) >= 11 is 11.9. The number of nitrogens with one attached hydrogen (secondary N) is 1. The van der Waals surface area contributed by atoms with E-state index >= 15 is 0 Å². The second-order valence-corrected chi connectivity index (χ2v) is 5.81. The van der Waals surface area contributed by atoms with Crippen molar-refractivity contribution in [1.29, 1.82) is 0 Å². The molecule has 0 saturated heterocycles. The number of carbonyl (C=O) groups is 1. The third-order valence-electron chi connectivity index (χ3n) is 3.33. The first kappa shape index (κ1) is 15.6. The van der Waals surface area contributed by atoms with E-state index in [0.717, 1.165) is 11.1 Å². The van der Waals surface area contributed by atoms with Crippen molar-refractivity contribution in [3.8, 4) is 0 Å². The Bertz CT molecular complexity index is 908. The fourth-order valence-corrected chi connectivity index (χ4v) is 2.52. The summed E-state index contributed by atoms with van der Waals surface area (Å²) in [6.07, 6.45) is 1.29. The maximum Gasteiger partial charge on any atom is 0.356 e. The molecule has 0 saturated carbocycles. The van der Waals surface area contributed by atoms with E-state index in [-0.39, 0.29) is 5.69 Å². The van der Waals surface area contributed by atoms with Gasteiger partial charge in [0, 0.05) is 6.54 Å². The first-order valence-electron chi connectivity index (χ1n) is 6.72. The van der Waals surface area contributed by atoms with Crippen molar-refractivity contribution >= 4 is 40.6 Å². The summed E-state index contributed by atoms with van der Waals surface area (Å²) in [5.41, 5.74) is 2.29. The number of benzene rings is 1. The average molecular weight is 351 g/mol. The summed E-state index contributed by atoms with van der Waals surface area (Å²) in [6, 6.07) is 7.15. The van der Waals surface area contributed by atoms with Crippen LogP contribution in [-0.2, 0) is 6.54 Å². The van der Waals surface area contributed by atoms with Crippen LogP contribution < -0.4 is 5.32 Å². The van der Waals surface area contributed by atoms with Gasteiger partial charge in [0.1, 0.15) is 5.82 Å². The van der Waals surface area contributed by atoms with Crippen molar-refractivity contribution in [3.05, 3.63) is 57.3 Å². The molecule has 0 atom stereocenters. The zero-order valence-electron chi connectivity index (χ0n) is 12.0. The third-order valence-corrected chi connectivity index (χ3v) is 4.07. The van der Waals surface area contributed by atoms with Crippen LogP contribution in [0.5, 0.6) is 0 Å². The normalized spacial score (nSPS) is 10.9. The van der Waals surface area contributed by atoms with Gasteiger partial charge in [-0.1, -0.05) is 29.3 Å². The number of anilines is 1. The molecule has 1 aromatic carbocycles. The van der Waals surface area contributed by atoms with Crippen molar-refractivity contribution in [2.45, 2.75) is 13.5 Å². The Morgan fingerprint density at radius 3 is 2.78 bits per heavy atom. The maximum absolute atomic E-state index is 11.2. The molecule has 2 heterocycles. The van der Waals surface area contributed by atoms with Gasteiger partial charge in [0.05, 0.1) is 16.2 Å². The Morgan fingerprint density at radius 2 is 2.09 bits per heavy atom. The Balaban J connectivity index is 1.89. The quantitative estimate of drug-likeness (QED) is 0.750. The predicted molar refractivity (Wildman–Crippen MR) is 88.5 cm³/mol. The highest BCUT2D eigenvalue weighted by Gasteiger charge is 2.14. The van der Waals surface area contributed by atoms with Crippen LogP contribution in [0.1, 0.15) is 21.6 Å². The molecule has 0 bridgehead atoms. The molecule has 2 aromatic heterocycles. The predicted octanol–water partition coefficient (Wildman–Crippen LogP) is 3.65. The molecule has 0 aliphatic carbocycles. The molecule has 2 N–H and O–H groups in total. The summed E-state index contributed by atoms with van der Waals surface area (Å²) in [4.78, 5) is 15.3. The lowest BCUT2D eigenvalue weighted by Crippen LogP contribution is -2.09. The lowest BCUT2D eigenvalue weighted by Gasteiger charge is -2.09. The van der Waals surface area contributed by atoms with E-state index in [1.165, 1.54) is 10.7 Å². The van der Waals surface area contributed by atoms with E-state index in [2.05, 4.69) is 15.4 Å². The number of aryl methyl sites for hydroxylation is 1. The molecule has 0 aliphatic rings. The molecule has 0 amide bonds. The third kappa shape index (κ3) is 3.09. The Hall–Kier alpha value is -2.31. The highest BCUT2D eigenvalue weighted by molar-refractivity contribution is 6.42. The molecule has 0 fully saturated rings. The van der Waals surface area contributed by atoms with E-state index in [0.29, 0.717) is 28.1 Å². The van der Waals surface area contributed by atoms with Gasteiger partial charge in [-0.2, -0.15) is 0 Å². The maximum atomic E-state index is 11.2. The highest BCUT2D eigenvalue weighted by Crippen LogP contribution is 2.23. The Kier molecular flexibility index (Phi) is 4.11. The van der Waals surface area contributed by atoms with Gasteiger partial charge >= 0.3 is 5.97 Å². The van der Waals surface area contributed by atoms with Gasteiger partial charge in [-0.25, -0.2) is 14.3 Å².